The van der Waals surface area contributed by atoms with Gasteiger partial charge in [0.2, 0.25) is 11.8 Å². The molecule has 156 valence electrons. The molecule has 30 heavy (non-hydrogen) atoms. The second-order valence-electron chi connectivity index (χ2n) is 7.98. The largest absolute Gasteiger partial charge is 0.439 e. The second-order valence-corrected chi connectivity index (χ2v) is 7.98. The lowest BCUT2D eigenvalue weighted by Crippen LogP contribution is -2.35. The van der Waals surface area contributed by atoms with Crippen LogP contribution in [-0.4, -0.2) is 33.7 Å². The van der Waals surface area contributed by atoms with Crippen LogP contribution in [0.3, 0.4) is 0 Å². The van der Waals surface area contributed by atoms with Gasteiger partial charge < -0.3 is 9.64 Å². The third-order valence-corrected chi connectivity index (χ3v) is 5.64. The average molecular weight is 404 g/mol. The lowest BCUT2D eigenvalue weighted by Gasteiger charge is -2.26. The van der Waals surface area contributed by atoms with Gasteiger partial charge in [-0.1, -0.05) is 42.5 Å². The minimum Gasteiger partial charge on any atom is -0.439 e. The third kappa shape index (κ3) is 4.56. The minimum atomic E-state index is 0.221. The summed E-state index contributed by atoms with van der Waals surface area (Å²) in [6, 6.07) is 18.1. The van der Waals surface area contributed by atoms with E-state index in [9.17, 15) is 4.79 Å². The maximum Gasteiger partial charge on any atom is 0.222 e. The highest BCUT2D eigenvalue weighted by atomic mass is 16.5. The van der Waals surface area contributed by atoms with Gasteiger partial charge in [0, 0.05) is 37.7 Å². The molecule has 0 aliphatic carbocycles. The predicted octanol–water partition coefficient (Wildman–Crippen LogP) is 5.13. The quantitative estimate of drug-likeness (QED) is 0.573. The summed E-state index contributed by atoms with van der Waals surface area (Å²) in [5.41, 5.74) is 4.04. The Balaban J connectivity index is 1.63. The molecule has 2 aromatic carbocycles. The van der Waals surface area contributed by atoms with E-state index in [2.05, 4.69) is 12.1 Å². The Bertz CT molecular complexity index is 1000. The number of aromatic nitrogens is 2. The Kier molecular flexibility index (Phi) is 6.17. The highest BCUT2D eigenvalue weighted by Crippen LogP contribution is 2.34. The summed E-state index contributed by atoms with van der Waals surface area (Å²) < 4.78 is 8.06. The SMILES string of the molecule is Cc1cccc(Oc2c(CCC(=O)N3CCCCC3)c(-c3ccccc3)nn2C)c1. The van der Waals surface area contributed by atoms with E-state index in [-0.39, 0.29) is 5.91 Å². The zero-order chi connectivity index (χ0) is 20.9. The Morgan fingerprint density at radius 1 is 1.03 bits per heavy atom. The van der Waals surface area contributed by atoms with Crippen LogP contribution in [0.25, 0.3) is 11.3 Å². The van der Waals surface area contributed by atoms with Gasteiger partial charge in [0.15, 0.2) is 0 Å². The molecular formula is C25H29N3O2. The Morgan fingerprint density at radius 2 is 1.80 bits per heavy atom. The molecule has 1 saturated heterocycles. The molecule has 0 unspecified atom stereocenters. The summed E-state index contributed by atoms with van der Waals surface area (Å²) in [6.07, 6.45) is 4.51. The number of hydrogen-bond donors (Lipinski definition) is 0. The van der Waals surface area contributed by atoms with Crippen LogP contribution < -0.4 is 4.74 Å². The first-order chi connectivity index (χ1) is 14.6. The maximum absolute atomic E-state index is 12.8. The molecule has 5 heteroatoms. The molecule has 4 rings (SSSR count). The van der Waals surface area contributed by atoms with Crippen LogP contribution in [0.1, 0.15) is 36.8 Å². The van der Waals surface area contributed by atoms with Crippen molar-refractivity contribution in [3.8, 4) is 22.9 Å². The van der Waals surface area contributed by atoms with Crippen molar-refractivity contribution in [1.29, 1.82) is 0 Å². The van der Waals surface area contributed by atoms with Crippen LogP contribution in [0.4, 0.5) is 0 Å². The number of benzene rings is 2. The lowest BCUT2D eigenvalue weighted by atomic mass is 10.0. The van der Waals surface area contributed by atoms with Gasteiger partial charge in [0.1, 0.15) is 5.75 Å². The van der Waals surface area contributed by atoms with Crippen molar-refractivity contribution < 1.29 is 9.53 Å². The van der Waals surface area contributed by atoms with Crippen LogP contribution in [-0.2, 0) is 18.3 Å². The van der Waals surface area contributed by atoms with E-state index in [4.69, 9.17) is 9.84 Å². The predicted molar refractivity (Wildman–Crippen MR) is 119 cm³/mol. The van der Waals surface area contributed by atoms with E-state index >= 15 is 0 Å². The van der Waals surface area contributed by atoms with E-state index in [1.54, 1.807) is 4.68 Å². The summed E-state index contributed by atoms with van der Waals surface area (Å²) in [6.45, 7) is 3.80. The fourth-order valence-electron chi connectivity index (χ4n) is 4.06. The number of nitrogens with zero attached hydrogens (tertiary/aromatic N) is 3. The van der Waals surface area contributed by atoms with E-state index < -0.39 is 0 Å². The highest BCUT2D eigenvalue weighted by molar-refractivity contribution is 5.77. The number of carbonyl (C=O) groups is 1. The molecule has 1 amide bonds. The second kappa shape index (κ2) is 9.16. The van der Waals surface area contributed by atoms with Crippen LogP contribution in [0, 0.1) is 6.92 Å². The van der Waals surface area contributed by atoms with E-state index in [0.717, 1.165) is 54.1 Å². The standard InChI is InChI=1S/C25H29N3O2/c1-19-10-9-13-21(18-19)30-25-22(14-15-23(29)28-16-7-4-8-17-28)24(26-27(25)2)20-11-5-3-6-12-20/h3,5-6,9-13,18H,4,7-8,14-17H2,1-2H3. The number of likely N-dealkylation sites (tertiary alicyclic amines) is 1. The van der Waals surface area contributed by atoms with Gasteiger partial charge in [0.05, 0.1) is 5.69 Å². The van der Waals surface area contributed by atoms with Gasteiger partial charge >= 0.3 is 0 Å². The monoisotopic (exact) mass is 403 g/mol. The lowest BCUT2D eigenvalue weighted by molar-refractivity contribution is -0.132. The van der Waals surface area contributed by atoms with E-state index in [1.165, 1.54) is 6.42 Å². The maximum atomic E-state index is 12.8. The van der Waals surface area contributed by atoms with E-state index in [0.29, 0.717) is 18.7 Å². The van der Waals surface area contributed by atoms with Crippen LogP contribution in [0.15, 0.2) is 54.6 Å². The Labute approximate surface area is 178 Å². The van der Waals surface area contributed by atoms with Crippen molar-refractivity contribution in [3.05, 3.63) is 65.7 Å². The van der Waals surface area contributed by atoms with Gasteiger partial charge in [-0.2, -0.15) is 5.10 Å². The van der Waals surface area contributed by atoms with Crippen LogP contribution >= 0.6 is 0 Å². The van der Waals surface area contributed by atoms with Crippen molar-refractivity contribution >= 4 is 5.91 Å². The number of carbonyl (C=O) groups excluding carboxylic acids is 1. The zero-order valence-electron chi connectivity index (χ0n) is 17.8. The Morgan fingerprint density at radius 3 is 2.53 bits per heavy atom. The molecule has 0 atom stereocenters. The zero-order valence-corrected chi connectivity index (χ0v) is 17.8. The first-order valence-electron chi connectivity index (χ1n) is 10.8. The van der Waals surface area contributed by atoms with Gasteiger partial charge in [0.25, 0.3) is 0 Å². The third-order valence-electron chi connectivity index (χ3n) is 5.64. The number of hydrogen-bond acceptors (Lipinski definition) is 3. The molecule has 2 heterocycles. The van der Waals surface area contributed by atoms with Gasteiger partial charge in [-0.15, -0.1) is 0 Å². The molecule has 1 aliphatic rings. The molecule has 0 saturated carbocycles. The topological polar surface area (TPSA) is 47.4 Å². The molecular weight excluding hydrogens is 374 g/mol. The van der Waals surface area contributed by atoms with Crippen molar-refractivity contribution in [2.45, 2.75) is 39.0 Å². The molecule has 1 aromatic heterocycles. The molecule has 0 radical (unpaired) electrons. The fourth-order valence-corrected chi connectivity index (χ4v) is 4.06. The number of aryl methyl sites for hydroxylation is 2. The summed E-state index contributed by atoms with van der Waals surface area (Å²) in [7, 11) is 1.90. The molecule has 0 N–H and O–H groups in total. The Hall–Kier alpha value is -3.08. The first-order valence-corrected chi connectivity index (χ1v) is 10.8. The number of amides is 1. The van der Waals surface area contributed by atoms with Gasteiger partial charge in [-0.05, 0) is 50.3 Å². The smallest absolute Gasteiger partial charge is 0.222 e. The molecule has 3 aromatic rings. The number of piperidine rings is 1. The van der Waals surface area contributed by atoms with Crippen molar-refractivity contribution in [3.63, 3.8) is 0 Å². The average Bonchev–Trinajstić information content (AvgIpc) is 3.08. The van der Waals surface area contributed by atoms with Crippen molar-refractivity contribution in [2.75, 3.05) is 13.1 Å². The highest BCUT2D eigenvalue weighted by Gasteiger charge is 2.22. The summed E-state index contributed by atoms with van der Waals surface area (Å²) in [5.74, 6) is 1.70. The summed E-state index contributed by atoms with van der Waals surface area (Å²) >= 11 is 0. The molecule has 5 nitrogen and oxygen atoms in total. The van der Waals surface area contributed by atoms with Crippen molar-refractivity contribution in [2.24, 2.45) is 7.05 Å². The van der Waals surface area contributed by atoms with Gasteiger partial charge in [-0.25, -0.2) is 4.68 Å². The first kappa shape index (κ1) is 20.2. The van der Waals surface area contributed by atoms with Crippen LogP contribution in [0.5, 0.6) is 11.6 Å². The number of ether oxygens (including phenoxy) is 1. The fraction of sp³-hybridized carbons (Fsp3) is 0.360. The molecule has 0 spiro atoms. The number of rotatable bonds is 6. The van der Waals surface area contributed by atoms with E-state index in [1.807, 2.05) is 61.3 Å². The molecule has 1 fully saturated rings. The van der Waals surface area contributed by atoms with Gasteiger partial charge in [-0.3, -0.25) is 4.79 Å². The molecule has 0 bridgehead atoms. The van der Waals surface area contributed by atoms with Crippen LogP contribution in [0.2, 0.25) is 0 Å². The normalized spacial score (nSPS) is 14.0. The molecule has 1 aliphatic heterocycles. The minimum absolute atomic E-state index is 0.221. The van der Waals surface area contributed by atoms with Crippen molar-refractivity contribution in [1.82, 2.24) is 14.7 Å². The summed E-state index contributed by atoms with van der Waals surface area (Å²) in [4.78, 5) is 14.8. The summed E-state index contributed by atoms with van der Waals surface area (Å²) in [5, 5.41) is 4.76.